The quantitative estimate of drug-likeness (QED) is 0.683. The van der Waals surface area contributed by atoms with Gasteiger partial charge >= 0.3 is 0 Å². The molecule has 102 valence electrons. The Balaban J connectivity index is 2.50. The number of fused-ring (bicyclic) bond motifs is 1. The summed E-state index contributed by atoms with van der Waals surface area (Å²) in [7, 11) is 0. The minimum absolute atomic E-state index is 0.0463. The summed E-state index contributed by atoms with van der Waals surface area (Å²) in [5, 5.41) is 9.36. The van der Waals surface area contributed by atoms with E-state index in [2.05, 4.69) is 20.9 Å². The predicted octanol–water partition coefficient (Wildman–Crippen LogP) is 3.30. The first kappa shape index (κ1) is 13.5. The molecule has 3 rings (SSSR count). The second-order valence-corrected chi connectivity index (χ2v) is 5.47. The summed E-state index contributed by atoms with van der Waals surface area (Å²) in [5.74, 6) is 0. The highest BCUT2D eigenvalue weighted by molar-refractivity contribution is 9.10. The summed E-state index contributed by atoms with van der Waals surface area (Å²) >= 11 is 3.45. The summed E-state index contributed by atoms with van der Waals surface area (Å²) in [6, 6.07) is 13.1. The molecule has 0 amide bonds. The Morgan fingerprint density at radius 3 is 2.71 bits per heavy atom. The fourth-order valence-corrected chi connectivity index (χ4v) is 2.72. The van der Waals surface area contributed by atoms with Gasteiger partial charge in [0.2, 0.25) is 0 Å². The minimum Gasteiger partial charge on any atom is -0.267 e. The van der Waals surface area contributed by atoms with Crippen molar-refractivity contribution in [3.63, 3.8) is 0 Å². The molecule has 0 bridgehead atoms. The van der Waals surface area contributed by atoms with E-state index in [0.29, 0.717) is 11.3 Å². The smallest absolute Gasteiger partial charge is 0.267 e. The van der Waals surface area contributed by atoms with E-state index in [9.17, 15) is 10.1 Å². The molecule has 4 nitrogen and oxygen atoms in total. The highest BCUT2D eigenvalue weighted by Crippen LogP contribution is 2.28. The summed E-state index contributed by atoms with van der Waals surface area (Å²) in [6.45, 7) is 1.89. The van der Waals surface area contributed by atoms with Crippen LogP contribution in [0.5, 0.6) is 0 Å². The van der Waals surface area contributed by atoms with Crippen LogP contribution in [-0.4, -0.2) is 9.38 Å². The topological polar surface area (TPSA) is 58.2 Å². The molecule has 0 fully saturated rings. The van der Waals surface area contributed by atoms with Gasteiger partial charge in [0.15, 0.2) is 0 Å². The number of aromatic nitrogens is 2. The van der Waals surface area contributed by atoms with Gasteiger partial charge in [-0.3, -0.25) is 9.20 Å². The predicted molar refractivity (Wildman–Crippen MR) is 84.1 cm³/mol. The van der Waals surface area contributed by atoms with Crippen LogP contribution in [0.4, 0.5) is 0 Å². The SMILES string of the molecule is Cc1cccn2c(=O)c(C#N)c(-c3ccccc3Br)nc12. The van der Waals surface area contributed by atoms with Crippen LogP contribution < -0.4 is 5.56 Å². The van der Waals surface area contributed by atoms with Crippen molar-refractivity contribution in [3.05, 3.63) is 68.5 Å². The zero-order valence-corrected chi connectivity index (χ0v) is 12.8. The molecule has 0 atom stereocenters. The van der Waals surface area contributed by atoms with Crippen LogP contribution in [0.3, 0.4) is 0 Å². The van der Waals surface area contributed by atoms with Gasteiger partial charge in [-0.25, -0.2) is 4.98 Å². The number of benzene rings is 1. The Bertz CT molecular complexity index is 954. The molecule has 3 aromatic rings. The zero-order valence-electron chi connectivity index (χ0n) is 11.2. The Kier molecular flexibility index (Phi) is 3.32. The van der Waals surface area contributed by atoms with Crippen LogP contribution >= 0.6 is 15.9 Å². The van der Waals surface area contributed by atoms with E-state index in [-0.39, 0.29) is 11.1 Å². The number of nitriles is 1. The molecule has 0 N–H and O–H groups in total. The second-order valence-electron chi connectivity index (χ2n) is 4.62. The van der Waals surface area contributed by atoms with Gasteiger partial charge in [-0.15, -0.1) is 0 Å². The normalized spacial score (nSPS) is 10.5. The van der Waals surface area contributed by atoms with Gasteiger partial charge in [0.25, 0.3) is 5.56 Å². The maximum Gasteiger partial charge on any atom is 0.276 e. The van der Waals surface area contributed by atoms with Crippen molar-refractivity contribution in [2.45, 2.75) is 6.92 Å². The van der Waals surface area contributed by atoms with E-state index in [4.69, 9.17) is 0 Å². The summed E-state index contributed by atoms with van der Waals surface area (Å²) in [6.07, 6.45) is 1.63. The monoisotopic (exact) mass is 339 g/mol. The van der Waals surface area contributed by atoms with Crippen molar-refractivity contribution in [1.82, 2.24) is 9.38 Å². The molecule has 0 radical (unpaired) electrons. The van der Waals surface area contributed by atoms with Crippen LogP contribution in [0.1, 0.15) is 11.1 Å². The number of hydrogen-bond acceptors (Lipinski definition) is 3. The highest BCUT2D eigenvalue weighted by atomic mass is 79.9. The number of nitrogens with zero attached hydrogens (tertiary/aromatic N) is 3. The Hall–Kier alpha value is -2.45. The van der Waals surface area contributed by atoms with E-state index < -0.39 is 0 Å². The van der Waals surface area contributed by atoms with Crippen LogP contribution in [0.15, 0.2) is 51.9 Å². The molecule has 5 heteroatoms. The van der Waals surface area contributed by atoms with Crippen molar-refractivity contribution in [1.29, 1.82) is 5.26 Å². The van der Waals surface area contributed by atoms with Gasteiger partial charge in [-0.05, 0) is 24.6 Å². The minimum atomic E-state index is -0.350. The average molecular weight is 340 g/mol. The molecule has 1 aromatic carbocycles. The lowest BCUT2D eigenvalue weighted by Crippen LogP contribution is -2.20. The van der Waals surface area contributed by atoms with E-state index in [0.717, 1.165) is 15.6 Å². The maximum atomic E-state index is 12.5. The van der Waals surface area contributed by atoms with Crippen molar-refractivity contribution >= 4 is 21.6 Å². The first-order valence-corrected chi connectivity index (χ1v) is 7.10. The van der Waals surface area contributed by atoms with E-state index >= 15 is 0 Å². The molecule has 0 unspecified atom stereocenters. The first-order valence-electron chi connectivity index (χ1n) is 6.30. The molecule has 2 aromatic heterocycles. The number of hydrogen-bond donors (Lipinski definition) is 0. The average Bonchev–Trinajstić information content (AvgIpc) is 2.49. The molecular formula is C16H10BrN3O. The third-order valence-corrected chi connectivity index (χ3v) is 3.98. The van der Waals surface area contributed by atoms with Crippen molar-refractivity contribution in [3.8, 4) is 17.3 Å². The van der Waals surface area contributed by atoms with Gasteiger partial charge in [0, 0.05) is 16.2 Å². The van der Waals surface area contributed by atoms with E-state index in [1.165, 1.54) is 4.40 Å². The van der Waals surface area contributed by atoms with Crippen LogP contribution in [0.25, 0.3) is 16.9 Å². The second kappa shape index (κ2) is 5.15. The lowest BCUT2D eigenvalue weighted by atomic mass is 10.1. The van der Waals surface area contributed by atoms with E-state index in [1.54, 1.807) is 12.3 Å². The molecule has 0 aliphatic carbocycles. The van der Waals surface area contributed by atoms with Crippen LogP contribution in [-0.2, 0) is 0 Å². The van der Waals surface area contributed by atoms with Gasteiger partial charge < -0.3 is 0 Å². The lowest BCUT2D eigenvalue weighted by Gasteiger charge is -2.09. The zero-order chi connectivity index (χ0) is 15.0. The van der Waals surface area contributed by atoms with Crippen molar-refractivity contribution in [2.75, 3.05) is 0 Å². The Morgan fingerprint density at radius 2 is 2.00 bits per heavy atom. The third-order valence-electron chi connectivity index (χ3n) is 3.29. The largest absolute Gasteiger partial charge is 0.276 e. The van der Waals surface area contributed by atoms with Gasteiger partial charge in [0.05, 0.1) is 5.69 Å². The van der Waals surface area contributed by atoms with Gasteiger partial charge in [-0.2, -0.15) is 5.26 Å². The molecule has 21 heavy (non-hydrogen) atoms. The Morgan fingerprint density at radius 1 is 1.24 bits per heavy atom. The van der Waals surface area contributed by atoms with E-state index in [1.807, 2.05) is 43.3 Å². The van der Waals surface area contributed by atoms with Gasteiger partial charge in [0.1, 0.15) is 17.3 Å². The number of aryl methyl sites for hydroxylation is 1. The number of rotatable bonds is 1. The first-order chi connectivity index (χ1) is 10.1. The lowest BCUT2D eigenvalue weighted by molar-refractivity contribution is 1.02. The molecule has 0 spiro atoms. The number of pyridine rings is 1. The van der Waals surface area contributed by atoms with Crippen molar-refractivity contribution < 1.29 is 0 Å². The molecule has 0 saturated carbocycles. The fraction of sp³-hybridized carbons (Fsp3) is 0.0625. The van der Waals surface area contributed by atoms with Crippen LogP contribution in [0.2, 0.25) is 0 Å². The third kappa shape index (κ3) is 2.14. The summed E-state index contributed by atoms with van der Waals surface area (Å²) in [4.78, 5) is 17.1. The molecule has 2 heterocycles. The fourth-order valence-electron chi connectivity index (χ4n) is 2.25. The molecule has 0 aliphatic rings. The van der Waals surface area contributed by atoms with Crippen molar-refractivity contribution in [2.24, 2.45) is 0 Å². The molecule has 0 saturated heterocycles. The highest BCUT2D eigenvalue weighted by Gasteiger charge is 2.16. The summed E-state index contributed by atoms with van der Waals surface area (Å²) in [5.41, 5.74) is 2.28. The molecular weight excluding hydrogens is 330 g/mol. The molecule has 0 aliphatic heterocycles. The standard InChI is InChI=1S/C16H10BrN3O/c1-10-5-4-8-20-15(10)19-14(12(9-18)16(20)21)11-6-2-3-7-13(11)17/h2-8H,1H3. The van der Waals surface area contributed by atoms with Crippen LogP contribution in [0, 0.1) is 18.3 Å². The number of halogens is 1. The summed E-state index contributed by atoms with van der Waals surface area (Å²) < 4.78 is 2.21. The maximum absolute atomic E-state index is 12.5. The van der Waals surface area contributed by atoms with Gasteiger partial charge in [-0.1, -0.05) is 40.2 Å². The Labute approximate surface area is 129 Å².